The normalized spacial score (nSPS) is 19.3. The van der Waals surface area contributed by atoms with Gasteiger partial charge in [0.1, 0.15) is 5.76 Å². The maximum atomic E-state index is 5.49. The molecule has 0 spiro atoms. The lowest BCUT2D eigenvalue weighted by Crippen LogP contribution is -2.23. The third-order valence-electron chi connectivity index (χ3n) is 4.30. The fraction of sp³-hybridized carbons (Fsp3) is 0.471. The maximum Gasteiger partial charge on any atom is 0.141 e. The predicted octanol–water partition coefficient (Wildman–Crippen LogP) is 4.65. The summed E-state index contributed by atoms with van der Waals surface area (Å²) >= 11 is 3.50. The van der Waals surface area contributed by atoms with Gasteiger partial charge in [0.15, 0.2) is 0 Å². The molecule has 0 saturated carbocycles. The van der Waals surface area contributed by atoms with Crippen LogP contribution < -0.4 is 0 Å². The Hall–Kier alpha value is -1.13. The van der Waals surface area contributed by atoms with Gasteiger partial charge in [-0.1, -0.05) is 40.1 Å². The van der Waals surface area contributed by atoms with Crippen LogP contribution >= 0.6 is 15.9 Å². The van der Waals surface area contributed by atoms with Gasteiger partial charge in [-0.25, -0.2) is 0 Å². The van der Waals surface area contributed by atoms with Crippen LogP contribution in [0.1, 0.15) is 48.4 Å². The van der Waals surface area contributed by atoms with E-state index in [1.165, 1.54) is 24.0 Å². The lowest BCUT2D eigenvalue weighted by Gasteiger charge is -2.24. The molecule has 1 saturated heterocycles. The van der Waals surface area contributed by atoms with E-state index in [0.29, 0.717) is 6.04 Å². The van der Waals surface area contributed by atoms with Crippen molar-refractivity contribution in [2.24, 2.45) is 0 Å². The first-order valence-electron chi connectivity index (χ1n) is 7.62. The molecule has 0 bridgehead atoms. The minimum Gasteiger partial charge on any atom is -0.361 e. The van der Waals surface area contributed by atoms with E-state index >= 15 is 0 Å². The molecule has 2 heterocycles. The Morgan fingerprint density at radius 3 is 2.81 bits per heavy atom. The van der Waals surface area contributed by atoms with Crippen LogP contribution in [0.15, 0.2) is 33.3 Å². The first-order valence-corrected chi connectivity index (χ1v) is 8.42. The van der Waals surface area contributed by atoms with Crippen molar-refractivity contribution in [2.45, 2.75) is 45.7 Å². The minimum atomic E-state index is 0.454. The summed E-state index contributed by atoms with van der Waals surface area (Å²) in [7, 11) is 0. The fourth-order valence-electron chi connectivity index (χ4n) is 3.27. The molecule has 1 aliphatic heterocycles. The summed E-state index contributed by atoms with van der Waals surface area (Å²) in [4.78, 5) is 2.56. The fourth-order valence-corrected chi connectivity index (χ4v) is 3.54. The molecule has 1 aliphatic rings. The molecule has 112 valence electrons. The second-order valence-electron chi connectivity index (χ2n) is 5.71. The molecule has 1 aromatic heterocycles. The quantitative estimate of drug-likeness (QED) is 0.805. The van der Waals surface area contributed by atoms with Crippen LogP contribution in [0.3, 0.4) is 0 Å². The Bertz CT molecular complexity index is 606. The van der Waals surface area contributed by atoms with Crippen molar-refractivity contribution in [1.29, 1.82) is 0 Å². The highest BCUT2D eigenvalue weighted by Crippen LogP contribution is 2.36. The van der Waals surface area contributed by atoms with E-state index < -0.39 is 0 Å². The standard InChI is InChI=1S/C17H21BrN2O/c1-3-16-17(12(2)19-21-16)15-5-4-10-20(15)11-13-6-8-14(18)9-7-13/h6-9,15H,3-5,10-11H2,1-2H3. The molecule has 0 N–H and O–H groups in total. The number of aromatic nitrogens is 1. The zero-order valence-electron chi connectivity index (χ0n) is 12.6. The molecule has 4 heteroatoms. The average Bonchev–Trinajstić information content (AvgIpc) is 3.07. The second kappa shape index (κ2) is 6.32. The van der Waals surface area contributed by atoms with Crippen LogP contribution in [-0.4, -0.2) is 16.6 Å². The Labute approximate surface area is 134 Å². The van der Waals surface area contributed by atoms with Crippen LogP contribution in [0.2, 0.25) is 0 Å². The molecule has 0 aliphatic carbocycles. The topological polar surface area (TPSA) is 29.3 Å². The highest BCUT2D eigenvalue weighted by molar-refractivity contribution is 9.10. The van der Waals surface area contributed by atoms with Crippen molar-refractivity contribution < 1.29 is 4.52 Å². The van der Waals surface area contributed by atoms with Crippen molar-refractivity contribution in [3.8, 4) is 0 Å². The van der Waals surface area contributed by atoms with E-state index in [1.807, 2.05) is 0 Å². The van der Waals surface area contributed by atoms with Crippen molar-refractivity contribution in [3.63, 3.8) is 0 Å². The van der Waals surface area contributed by atoms with Crippen LogP contribution in [-0.2, 0) is 13.0 Å². The highest BCUT2D eigenvalue weighted by Gasteiger charge is 2.31. The van der Waals surface area contributed by atoms with Crippen LogP contribution in [0.4, 0.5) is 0 Å². The molecule has 3 rings (SSSR count). The van der Waals surface area contributed by atoms with Crippen molar-refractivity contribution in [3.05, 3.63) is 51.3 Å². The maximum absolute atomic E-state index is 5.49. The van der Waals surface area contributed by atoms with Gasteiger partial charge in [-0.15, -0.1) is 0 Å². The average molecular weight is 349 g/mol. The van der Waals surface area contributed by atoms with E-state index in [0.717, 1.165) is 35.4 Å². The number of hydrogen-bond acceptors (Lipinski definition) is 3. The molecule has 21 heavy (non-hydrogen) atoms. The zero-order chi connectivity index (χ0) is 14.8. The van der Waals surface area contributed by atoms with Crippen molar-refractivity contribution >= 4 is 15.9 Å². The second-order valence-corrected chi connectivity index (χ2v) is 6.63. The SMILES string of the molecule is CCc1onc(C)c1C1CCCN1Cc1ccc(Br)cc1. The van der Waals surface area contributed by atoms with Crippen molar-refractivity contribution in [2.75, 3.05) is 6.54 Å². The molecule has 1 unspecified atom stereocenters. The van der Waals surface area contributed by atoms with Crippen molar-refractivity contribution in [1.82, 2.24) is 10.1 Å². The monoisotopic (exact) mass is 348 g/mol. The predicted molar refractivity (Wildman–Crippen MR) is 87.1 cm³/mol. The van der Waals surface area contributed by atoms with Gasteiger partial charge < -0.3 is 4.52 Å². The smallest absolute Gasteiger partial charge is 0.141 e. The summed E-state index contributed by atoms with van der Waals surface area (Å²) < 4.78 is 6.62. The summed E-state index contributed by atoms with van der Waals surface area (Å²) in [6.07, 6.45) is 3.36. The molecular weight excluding hydrogens is 328 g/mol. The summed E-state index contributed by atoms with van der Waals surface area (Å²) in [5.41, 5.74) is 3.74. The van der Waals surface area contributed by atoms with E-state index in [9.17, 15) is 0 Å². The molecular formula is C17H21BrN2O. The summed E-state index contributed by atoms with van der Waals surface area (Å²) in [5, 5.41) is 4.18. The molecule has 1 atom stereocenters. The van der Waals surface area contributed by atoms with Crippen LogP contribution in [0, 0.1) is 6.92 Å². The number of rotatable bonds is 4. The first-order chi connectivity index (χ1) is 10.2. The van der Waals surface area contributed by atoms with E-state index in [4.69, 9.17) is 4.52 Å². The zero-order valence-corrected chi connectivity index (χ0v) is 14.2. The number of benzene rings is 1. The van der Waals surface area contributed by atoms with Gasteiger partial charge in [0, 0.05) is 29.0 Å². The lowest BCUT2D eigenvalue weighted by molar-refractivity contribution is 0.245. The van der Waals surface area contributed by atoms with Crippen LogP contribution in [0.5, 0.6) is 0 Å². The van der Waals surface area contributed by atoms with E-state index in [1.54, 1.807) is 0 Å². The van der Waals surface area contributed by atoms with E-state index in [-0.39, 0.29) is 0 Å². The van der Waals surface area contributed by atoms with Gasteiger partial charge in [-0.2, -0.15) is 0 Å². The third-order valence-corrected chi connectivity index (χ3v) is 4.83. The summed E-state index contributed by atoms with van der Waals surface area (Å²) in [6.45, 7) is 6.34. The molecule has 1 fully saturated rings. The Kier molecular flexibility index (Phi) is 4.45. The molecule has 0 amide bonds. The number of aryl methyl sites for hydroxylation is 2. The number of likely N-dealkylation sites (tertiary alicyclic amines) is 1. The summed E-state index contributed by atoms with van der Waals surface area (Å²) in [6, 6.07) is 9.07. The van der Waals surface area contributed by atoms with Gasteiger partial charge >= 0.3 is 0 Å². The molecule has 3 nitrogen and oxygen atoms in total. The lowest BCUT2D eigenvalue weighted by atomic mass is 10.0. The minimum absolute atomic E-state index is 0.454. The van der Waals surface area contributed by atoms with Gasteiger partial charge in [0.2, 0.25) is 0 Å². The number of hydrogen-bond donors (Lipinski definition) is 0. The molecule has 2 aromatic rings. The first kappa shape index (κ1) is 14.8. The number of nitrogens with zero attached hydrogens (tertiary/aromatic N) is 2. The van der Waals surface area contributed by atoms with Gasteiger partial charge in [0.25, 0.3) is 0 Å². The van der Waals surface area contributed by atoms with E-state index in [2.05, 4.69) is 64.1 Å². The Morgan fingerprint density at radius 1 is 1.33 bits per heavy atom. The molecule has 0 radical (unpaired) electrons. The van der Waals surface area contributed by atoms with Gasteiger partial charge in [-0.3, -0.25) is 4.90 Å². The third kappa shape index (κ3) is 3.06. The highest BCUT2D eigenvalue weighted by atomic mass is 79.9. The Balaban J connectivity index is 1.82. The van der Waals surface area contributed by atoms with Gasteiger partial charge in [0.05, 0.1) is 5.69 Å². The largest absolute Gasteiger partial charge is 0.361 e. The van der Waals surface area contributed by atoms with Gasteiger partial charge in [-0.05, 0) is 44.0 Å². The number of halogens is 1. The molecule has 1 aromatic carbocycles. The Morgan fingerprint density at radius 2 is 2.10 bits per heavy atom. The van der Waals surface area contributed by atoms with Crippen LogP contribution in [0.25, 0.3) is 0 Å². The summed E-state index contributed by atoms with van der Waals surface area (Å²) in [5.74, 6) is 1.06.